The summed E-state index contributed by atoms with van der Waals surface area (Å²) >= 11 is 1.27. The third-order valence-electron chi connectivity index (χ3n) is 5.57. The average Bonchev–Trinajstić information content (AvgIpc) is 3.66. The quantitative estimate of drug-likeness (QED) is 0.248. The van der Waals surface area contributed by atoms with Gasteiger partial charge in [0.2, 0.25) is 0 Å². The van der Waals surface area contributed by atoms with Crippen LogP contribution in [-0.2, 0) is 12.7 Å². The van der Waals surface area contributed by atoms with Gasteiger partial charge in [0, 0.05) is 12.3 Å². The average molecular weight is 557 g/mol. The molecule has 202 valence electrons. The van der Waals surface area contributed by atoms with Gasteiger partial charge < -0.3 is 14.8 Å². The molecule has 39 heavy (non-hydrogen) atoms. The molecule has 0 bridgehead atoms. The fraction of sp³-hybridized carbons (Fsp3) is 0.231. The number of ether oxygens (including phenoxy) is 2. The number of rotatable bonds is 9. The van der Waals surface area contributed by atoms with Crippen LogP contribution in [0.1, 0.15) is 35.6 Å². The smallest absolute Gasteiger partial charge is 0.433 e. The third-order valence-corrected chi connectivity index (χ3v) is 6.46. The molecule has 0 aliphatic heterocycles. The van der Waals surface area contributed by atoms with Gasteiger partial charge in [-0.15, -0.1) is 11.3 Å². The molecule has 0 fully saturated rings. The predicted molar refractivity (Wildman–Crippen MR) is 139 cm³/mol. The van der Waals surface area contributed by atoms with Crippen LogP contribution in [0.3, 0.4) is 0 Å². The Balaban J connectivity index is 1.35. The van der Waals surface area contributed by atoms with Crippen LogP contribution in [0.5, 0.6) is 11.5 Å². The predicted octanol–water partition coefficient (Wildman–Crippen LogP) is 5.77. The highest BCUT2D eigenvalue weighted by molar-refractivity contribution is 7.13. The molecule has 0 saturated heterocycles. The number of hydrogen-bond donors (Lipinski definition) is 1. The molecule has 0 atom stereocenters. The molecular formula is C26H23F3N6O3S. The van der Waals surface area contributed by atoms with Gasteiger partial charge in [0.15, 0.2) is 28.5 Å². The number of alkyl halides is 3. The topological polar surface area (TPSA) is 95.6 Å². The molecule has 1 N–H and O–H groups in total. The van der Waals surface area contributed by atoms with Crippen molar-refractivity contribution in [3.05, 3.63) is 77.2 Å². The summed E-state index contributed by atoms with van der Waals surface area (Å²) in [7, 11) is 0. The fourth-order valence-corrected chi connectivity index (χ4v) is 4.61. The molecule has 0 saturated carbocycles. The van der Waals surface area contributed by atoms with Gasteiger partial charge in [-0.25, -0.2) is 9.50 Å². The van der Waals surface area contributed by atoms with E-state index in [0.717, 1.165) is 11.6 Å². The van der Waals surface area contributed by atoms with E-state index in [4.69, 9.17) is 9.47 Å². The van der Waals surface area contributed by atoms with E-state index in [2.05, 4.69) is 20.5 Å². The molecule has 0 unspecified atom stereocenters. The summed E-state index contributed by atoms with van der Waals surface area (Å²) in [6.07, 6.45) is -1.64. The van der Waals surface area contributed by atoms with Gasteiger partial charge in [0.25, 0.3) is 5.91 Å². The number of anilines is 1. The van der Waals surface area contributed by atoms with Crippen LogP contribution in [-0.4, -0.2) is 43.5 Å². The molecule has 0 radical (unpaired) electrons. The molecule has 0 aliphatic rings. The minimum Gasteiger partial charge on any atom is -0.490 e. The van der Waals surface area contributed by atoms with Gasteiger partial charge >= 0.3 is 6.18 Å². The van der Waals surface area contributed by atoms with Crippen molar-refractivity contribution in [1.29, 1.82) is 0 Å². The third kappa shape index (κ3) is 5.72. The normalized spacial score (nSPS) is 11.6. The van der Waals surface area contributed by atoms with E-state index < -0.39 is 17.8 Å². The number of fused-ring (bicyclic) bond motifs is 1. The second kappa shape index (κ2) is 10.8. The summed E-state index contributed by atoms with van der Waals surface area (Å²) in [4.78, 5) is 17.7. The van der Waals surface area contributed by atoms with Gasteiger partial charge in [0.1, 0.15) is 0 Å². The Morgan fingerprint density at radius 3 is 2.59 bits per heavy atom. The second-order valence-electron chi connectivity index (χ2n) is 8.33. The number of aromatic nitrogens is 5. The number of benzene rings is 1. The molecule has 4 aromatic heterocycles. The fourth-order valence-electron chi connectivity index (χ4n) is 3.93. The van der Waals surface area contributed by atoms with Crippen molar-refractivity contribution < 1.29 is 27.4 Å². The minimum absolute atomic E-state index is 0.0883. The van der Waals surface area contributed by atoms with Crippen LogP contribution < -0.4 is 14.8 Å². The Kier molecular flexibility index (Phi) is 7.24. The van der Waals surface area contributed by atoms with Crippen LogP contribution in [0.2, 0.25) is 0 Å². The SMILES string of the molecule is CCOc1ccc(Cn2cc(NC(=O)c3cc4nc(-c5cccs5)cc(C(F)(F)F)n4n3)cn2)cc1OCC. The molecule has 13 heteroatoms. The van der Waals surface area contributed by atoms with Crippen LogP contribution in [0.4, 0.5) is 18.9 Å². The Labute approximate surface area is 224 Å². The first kappa shape index (κ1) is 26.2. The monoisotopic (exact) mass is 556 g/mol. The molecule has 1 amide bonds. The number of nitrogens with zero attached hydrogens (tertiary/aromatic N) is 5. The van der Waals surface area contributed by atoms with Crippen molar-refractivity contribution in [3.63, 3.8) is 0 Å². The molecule has 4 heterocycles. The highest BCUT2D eigenvalue weighted by Crippen LogP contribution is 2.33. The first-order valence-corrected chi connectivity index (χ1v) is 12.9. The number of carbonyl (C=O) groups excluding carboxylic acids is 1. The lowest BCUT2D eigenvalue weighted by Gasteiger charge is -2.12. The number of thiophene rings is 1. The molecule has 5 rings (SSSR count). The zero-order valence-corrected chi connectivity index (χ0v) is 21.7. The lowest BCUT2D eigenvalue weighted by molar-refractivity contribution is -0.142. The number of hydrogen-bond acceptors (Lipinski definition) is 7. The lowest BCUT2D eigenvalue weighted by Crippen LogP contribution is -2.15. The van der Waals surface area contributed by atoms with Crippen LogP contribution in [0, 0.1) is 0 Å². The number of carbonyl (C=O) groups is 1. The van der Waals surface area contributed by atoms with Crippen molar-refractivity contribution in [3.8, 4) is 22.1 Å². The Hall–Kier alpha value is -4.39. The van der Waals surface area contributed by atoms with E-state index in [-0.39, 0.29) is 17.0 Å². The number of nitrogens with one attached hydrogen (secondary N) is 1. The van der Waals surface area contributed by atoms with Crippen LogP contribution in [0.15, 0.2) is 60.2 Å². The summed E-state index contributed by atoms with van der Waals surface area (Å²) in [6.45, 7) is 5.17. The summed E-state index contributed by atoms with van der Waals surface area (Å²) in [5, 5.41) is 12.5. The highest BCUT2D eigenvalue weighted by atomic mass is 32.1. The maximum absolute atomic E-state index is 13.8. The molecule has 5 aromatic rings. The van der Waals surface area contributed by atoms with Crippen molar-refractivity contribution in [2.24, 2.45) is 0 Å². The molecule has 0 aliphatic carbocycles. The van der Waals surface area contributed by atoms with Gasteiger partial charge in [-0.2, -0.15) is 23.4 Å². The second-order valence-corrected chi connectivity index (χ2v) is 9.28. The number of halogens is 3. The largest absolute Gasteiger partial charge is 0.490 e. The Bertz CT molecular complexity index is 1610. The van der Waals surface area contributed by atoms with E-state index in [1.165, 1.54) is 23.6 Å². The summed E-state index contributed by atoms with van der Waals surface area (Å²) in [5.41, 5.74) is 0.0859. The lowest BCUT2D eigenvalue weighted by atomic mass is 10.2. The molecule has 0 spiro atoms. The Morgan fingerprint density at radius 1 is 1.08 bits per heavy atom. The van der Waals surface area contributed by atoms with Crippen molar-refractivity contribution >= 4 is 28.6 Å². The van der Waals surface area contributed by atoms with E-state index >= 15 is 0 Å². The molecule has 1 aromatic carbocycles. The van der Waals surface area contributed by atoms with Crippen molar-refractivity contribution in [2.75, 3.05) is 18.5 Å². The minimum atomic E-state index is -4.70. The van der Waals surface area contributed by atoms with Crippen LogP contribution >= 0.6 is 11.3 Å². The van der Waals surface area contributed by atoms with Gasteiger partial charge in [-0.1, -0.05) is 12.1 Å². The first-order chi connectivity index (χ1) is 18.7. The Morgan fingerprint density at radius 2 is 1.87 bits per heavy atom. The molecule has 9 nitrogen and oxygen atoms in total. The maximum atomic E-state index is 13.8. The summed E-state index contributed by atoms with van der Waals surface area (Å²) in [6, 6.07) is 11.1. The van der Waals surface area contributed by atoms with E-state index in [1.807, 2.05) is 32.0 Å². The first-order valence-electron chi connectivity index (χ1n) is 12.0. The summed E-state index contributed by atoms with van der Waals surface area (Å²) in [5.74, 6) is 0.582. The van der Waals surface area contributed by atoms with Crippen molar-refractivity contribution in [1.82, 2.24) is 24.4 Å². The standard InChI is InChI=1S/C26H23F3N6O3S/c1-3-37-20-8-7-16(10-21(20)38-4-2)14-34-15-17(13-30-34)31-25(36)19-12-24-32-18(22-6-5-9-39-22)11-23(26(27,28)29)35(24)33-19/h5-13,15H,3-4,14H2,1-2H3,(H,31,36). The number of amides is 1. The maximum Gasteiger partial charge on any atom is 0.433 e. The molecular weight excluding hydrogens is 533 g/mol. The zero-order valence-electron chi connectivity index (χ0n) is 20.9. The van der Waals surface area contributed by atoms with Crippen LogP contribution in [0.25, 0.3) is 16.2 Å². The van der Waals surface area contributed by atoms with Gasteiger partial charge in [-0.3, -0.25) is 9.48 Å². The van der Waals surface area contributed by atoms with E-state index in [0.29, 0.717) is 46.3 Å². The summed E-state index contributed by atoms with van der Waals surface area (Å²) < 4.78 is 54.9. The van der Waals surface area contributed by atoms with Gasteiger partial charge in [-0.05, 0) is 49.1 Å². The van der Waals surface area contributed by atoms with E-state index in [9.17, 15) is 18.0 Å². The highest BCUT2D eigenvalue weighted by Gasteiger charge is 2.35. The van der Waals surface area contributed by atoms with Gasteiger partial charge in [0.05, 0.1) is 42.2 Å². The zero-order chi connectivity index (χ0) is 27.6. The van der Waals surface area contributed by atoms with Crippen molar-refractivity contribution in [2.45, 2.75) is 26.6 Å². The van der Waals surface area contributed by atoms with E-state index in [1.54, 1.807) is 28.4 Å².